The number of carbonyl (C=O) groups is 1. The molecule has 1 amide bonds. The van der Waals surface area contributed by atoms with Gasteiger partial charge in [0.15, 0.2) is 0 Å². The van der Waals surface area contributed by atoms with Gasteiger partial charge in [0, 0.05) is 6.54 Å². The van der Waals surface area contributed by atoms with E-state index in [1.54, 1.807) is 6.20 Å². The lowest BCUT2D eigenvalue weighted by molar-refractivity contribution is -0.115. The quantitative estimate of drug-likeness (QED) is 0.712. The van der Waals surface area contributed by atoms with Crippen LogP contribution in [0.3, 0.4) is 0 Å². The summed E-state index contributed by atoms with van der Waals surface area (Å²) in [7, 11) is 0. The van der Waals surface area contributed by atoms with Crippen LogP contribution in [0.25, 0.3) is 0 Å². The van der Waals surface area contributed by atoms with Gasteiger partial charge in [0.25, 0.3) is 0 Å². The van der Waals surface area contributed by atoms with Crippen LogP contribution in [0.15, 0.2) is 72.9 Å². The maximum absolute atomic E-state index is 12.2. The summed E-state index contributed by atoms with van der Waals surface area (Å²) in [6, 6.07) is 21.8. The molecule has 2 N–H and O–H groups in total. The van der Waals surface area contributed by atoms with Gasteiger partial charge in [-0.2, -0.15) is 0 Å². The third-order valence-corrected chi connectivity index (χ3v) is 3.98. The van der Waals surface area contributed by atoms with Gasteiger partial charge in [-0.1, -0.05) is 54.6 Å². The number of nitrogens with zero attached hydrogens (tertiary/aromatic N) is 1. The Hall–Kier alpha value is -3.14. The number of carbonyl (C=O) groups excluding carboxylic acids is 1. The van der Waals surface area contributed by atoms with Gasteiger partial charge in [-0.05, 0) is 35.7 Å². The van der Waals surface area contributed by atoms with E-state index < -0.39 is 0 Å². The summed E-state index contributed by atoms with van der Waals surface area (Å²) < 4.78 is 0. The van der Waals surface area contributed by atoms with E-state index in [0.717, 1.165) is 23.4 Å². The van der Waals surface area contributed by atoms with Gasteiger partial charge in [0.05, 0.1) is 18.3 Å². The summed E-state index contributed by atoms with van der Waals surface area (Å²) in [5.74, 6) is 0.496. The lowest BCUT2D eigenvalue weighted by atomic mass is 10.1. The van der Waals surface area contributed by atoms with Crippen molar-refractivity contribution in [1.29, 1.82) is 0 Å². The zero-order valence-electron chi connectivity index (χ0n) is 14.2. The third kappa shape index (κ3) is 4.91. The molecule has 0 spiro atoms. The zero-order valence-corrected chi connectivity index (χ0v) is 14.2. The van der Waals surface area contributed by atoms with E-state index >= 15 is 0 Å². The Labute approximate surface area is 147 Å². The van der Waals surface area contributed by atoms with Crippen molar-refractivity contribution in [3.8, 4) is 0 Å². The molecule has 25 heavy (non-hydrogen) atoms. The van der Waals surface area contributed by atoms with E-state index in [1.807, 2.05) is 61.5 Å². The number of anilines is 2. The van der Waals surface area contributed by atoms with Crippen molar-refractivity contribution in [2.75, 3.05) is 10.6 Å². The molecule has 0 aliphatic carbocycles. The number of amides is 1. The molecule has 2 aromatic carbocycles. The first-order chi connectivity index (χ1) is 12.2. The van der Waals surface area contributed by atoms with Crippen molar-refractivity contribution in [2.45, 2.75) is 19.9 Å². The lowest BCUT2D eigenvalue weighted by Crippen LogP contribution is -2.15. The molecule has 0 atom stereocenters. The molecule has 0 aliphatic rings. The van der Waals surface area contributed by atoms with Crippen molar-refractivity contribution in [3.63, 3.8) is 0 Å². The number of hydrogen-bond acceptors (Lipinski definition) is 3. The molecule has 0 aliphatic heterocycles. The second-order valence-electron chi connectivity index (χ2n) is 5.92. The molecular weight excluding hydrogens is 310 g/mol. The fraction of sp³-hybridized carbons (Fsp3) is 0.143. The van der Waals surface area contributed by atoms with Crippen LogP contribution >= 0.6 is 0 Å². The van der Waals surface area contributed by atoms with Crippen LogP contribution in [0.1, 0.15) is 16.7 Å². The molecule has 126 valence electrons. The fourth-order valence-corrected chi connectivity index (χ4v) is 2.54. The molecule has 0 saturated carbocycles. The molecule has 0 radical (unpaired) electrons. The Bertz CT molecular complexity index is 829. The van der Waals surface area contributed by atoms with Crippen LogP contribution < -0.4 is 10.6 Å². The van der Waals surface area contributed by atoms with Gasteiger partial charge >= 0.3 is 0 Å². The van der Waals surface area contributed by atoms with Gasteiger partial charge in [-0.15, -0.1) is 0 Å². The third-order valence-electron chi connectivity index (χ3n) is 3.98. The highest BCUT2D eigenvalue weighted by Crippen LogP contribution is 2.13. The van der Waals surface area contributed by atoms with Crippen molar-refractivity contribution in [2.24, 2.45) is 0 Å². The second kappa shape index (κ2) is 8.11. The van der Waals surface area contributed by atoms with Crippen LogP contribution in [0.5, 0.6) is 0 Å². The molecule has 3 aromatic rings. The van der Waals surface area contributed by atoms with Crippen molar-refractivity contribution in [3.05, 3.63) is 89.6 Å². The van der Waals surface area contributed by atoms with Gasteiger partial charge in [-0.3, -0.25) is 4.79 Å². The largest absolute Gasteiger partial charge is 0.380 e. The summed E-state index contributed by atoms with van der Waals surface area (Å²) in [5, 5.41) is 6.15. The SMILES string of the molecule is Cc1ccccc1CC(=O)Nc1ccc(NCc2ccccc2)cn1. The minimum absolute atomic E-state index is 0.0632. The average Bonchev–Trinajstić information content (AvgIpc) is 2.64. The predicted molar refractivity (Wildman–Crippen MR) is 102 cm³/mol. The van der Waals surface area contributed by atoms with Crippen LogP contribution in [-0.2, 0) is 17.8 Å². The summed E-state index contributed by atoms with van der Waals surface area (Å²) in [6.07, 6.45) is 2.08. The molecule has 4 nitrogen and oxygen atoms in total. The minimum Gasteiger partial charge on any atom is -0.380 e. The number of pyridine rings is 1. The Morgan fingerprint density at radius 1 is 0.960 bits per heavy atom. The Morgan fingerprint density at radius 3 is 2.44 bits per heavy atom. The molecule has 1 heterocycles. The standard InChI is InChI=1S/C21H21N3O/c1-16-7-5-6-10-18(16)13-21(25)24-20-12-11-19(15-23-20)22-14-17-8-3-2-4-9-17/h2-12,15,22H,13-14H2,1H3,(H,23,24,25). The van der Waals surface area contributed by atoms with E-state index in [1.165, 1.54) is 5.56 Å². The fourth-order valence-electron chi connectivity index (χ4n) is 2.54. The Balaban J connectivity index is 1.53. The van der Waals surface area contributed by atoms with E-state index in [9.17, 15) is 4.79 Å². The highest BCUT2D eigenvalue weighted by Gasteiger charge is 2.06. The number of aryl methyl sites for hydroxylation is 1. The van der Waals surface area contributed by atoms with E-state index in [-0.39, 0.29) is 5.91 Å². The lowest BCUT2D eigenvalue weighted by Gasteiger charge is -2.09. The second-order valence-corrected chi connectivity index (χ2v) is 5.92. The molecule has 0 saturated heterocycles. The normalized spacial score (nSPS) is 10.3. The molecule has 0 bridgehead atoms. The Morgan fingerprint density at radius 2 is 1.72 bits per heavy atom. The summed E-state index contributed by atoms with van der Waals surface area (Å²) in [5.41, 5.74) is 4.27. The first-order valence-corrected chi connectivity index (χ1v) is 8.29. The molecule has 0 unspecified atom stereocenters. The van der Waals surface area contributed by atoms with Gasteiger partial charge < -0.3 is 10.6 Å². The van der Waals surface area contributed by atoms with E-state index in [0.29, 0.717) is 12.2 Å². The number of nitrogens with one attached hydrogen (secondary N) is 2. The van der Waals surface area contributed by atoms with Crippen LogP contribution in [-0.4, -0.2) is 10.9 Å². The van der Waals surface area contributed by atoms with Crippen molar-refractivity contribution < 1.29 is 4.79 Å². The van der Waals surface area contributed by atoms with Crippen LogP contribution in [0.4, 0.5) is 11.5 Å². The summed E-state index contributed by atoms with van der Waals surface area (Å²) in [6.45, 7) is 2.75. The van der Waals surface area contributed by atoms with E-state index in [2.05, 4.69) is 27.8 Å². The molecule has 1 aromatic heterocycles. The number of benzene rings is 2. The molecule has 0 fully saturated rings. The number of aromatic nitrogens is 1. The van der Waals surface area contributed by atoms with Gasteiger partial charge in [0.2, 0.25) is 5.91 Å². The van der Waals surface area contributed by atoms with Crippen LogP contribution in [0, 0.1) is 6.92 Å². The zero-order chi connectivity index (χ0) is 17.5. The monoisotopic (exact) mass is 331 g/mol. The number of rotatable bonds is 6. The van der Waals surface area contributed by atoms with Crippen molar-refractivity contribution in [1.82, 2.24) is 4.98 Å². The van der Waals surface area contributed by atoms with Crippen LogP contribution in [0.2, 0.25) is 0 Å². The summed E-state index contributed by atoms with van der Waals surface area (Å²) in [4.78, 5) is 16.5. The minimum atomic E-state index is -0.0632. The van der Waals surface area contributed by atoms with Gasteiger partial charge in [0.1, 0.15) is 5.82 Å². The summed E-state index contributed by atoms with van der Waals surface area (Å²) >= 11 is 0. The first-order valence-electron chi connectivity index (χ1n) is 8.29. The maximum atomic E-state index is 12.2. The maximum Gasteiger partial charge on any atom is 0.229 e. The highest BCUT2D eigenvalue weighted by atomic mass is 16.1. The van der Waals surface area contributed by atoms with Gasteiger partial charge in [-0.25, -0.2) is 4.98 Å². The molecule has 3 rings (SSSR count). The topological polar surface area (TPSA) is 54.0 Å². The van der Waals surface area contributed by atoms with E-state index in [4.69, 9.17) is 0 Å². The predicted octanol–water partition coefficient (Wildman–Crippen LogP) is 4.18. The highest BCUT2D eigenvalue weighted by molar-refractivity contribution is 5.91. The average molecular weight is 331 g/mol. The molecular formula is C21H21N3O. The number of hydrogen-bond donors (Lipinski definition) is 2. The first kappa shape index (κ1) is 16.7. The Kier molecular flexibility index (Phi) is 5.42. The smallest absolute Gasteiger partial charge is 0.229 e. The molecule has 4 heteroatoms. The van der Waals surface area contributed by atoms with Crippen molar-refractivity contribution >= 4 is 17.4 Å².